The third-order valence-corrected chi connectivity index (χ3v) is 3.13. The lowest BCUT2D eigenvalue weighted by Crippen LogP contribution is -2.18. The molecule has 1 aromatic carbocycles. The highest BCUT2D eigenvalue weighted by atomic mass is 16.5. The van der Waals surface area contributed by atoms with Gasteiger partial charge in [0.1, 0.15) is 5.75 Å². The summed E-state index contributed by atoms with van der Waals surface area (Å²) in [5.41, 5.74) is 2.40. The van der Waals surface area contributed by atoms with Gasteiger partial charge in [-0.2, -0.15) is 5.10 Å². The number of ether oxygens (including phenoxy) is 2. The van der Waals surface area contributed by atoms with E-state index in [2.05, 4.69) is 22.5 Å². The van der Waals surface area contributed by atoms with Crippen molar-refractivity contribution in [2.24, 2.45) is 7.05 Å². The summed E-state index contributed by atoms with van der Waals surface area (Å²) in [4.78, 5) is 0. The molecule has 5 heteroatoms. The smallest absolute Gasteiger partial charge is 0.119 e. The Morgan fingerprint density at radius 2 is 2.14 bits per heavy atom. The summed E-state index contributed by atoms with van der Waals surface area (Å²) in [5, 5.41) is 7.47. The van der Waals surface area contributed by atoms with Crippen LogP contribution in [0, 0.1) is 0 Å². The molecular formula is C16H23N3O2. The molecule has 0 saturated heterocycles. The van der Waals surface area contributed by atoms with E-state index in [-0.39, 0.29) is 0 Å². The molecule has 0 saturated carbocycles. The van der Waals surface area contributed by atoms with Crippen molar-refractivity contribution in [3.8, 4) is 5.75 Å². The molecule has 21 heavy (non-hydrogen) atoms. The van der Waals surface area contributed by atoms with E-state index in [0.29, 0.717) is 6.61 Å². The second-order valence-corrected chi connectivity index (χ2v) is 4.94. The fraction of sp³-hybridized carbons (Fsp3) is 0.438. The van der Waals surface area contributed by atoms with Crippen LogP contribution in [0.3, 0.4) is 0 Å². The summed E-state index contributed by atoms with van der Waals surface area (Å²) >= 11 is 0. The molecule has 2 rings (SSSR count). The second-order valence-electron chi connectivity index (χ2n) is 4.94. The minimum Gasteiger partial charge on any atom is -0.493 e. The number of aromatic nitrogens is 2. The molecule has 0 bridgehead atoms. The van der Waals surface area contributed by atoms with Crippen LogP contribution in [0.2, 0.25) is 0 Å². The normalized spacial score (nSPS) is 10.8. The largest absolute Gasteiger partial charge is 0.493 e. The third-order valence-electron chi connectivity index (χ3n) is 3.13. The lowest BCUT2D eigenvalue weighted by Gasteiger charge is -2.08. The maximum Gasteiger partial charge on any atom is 0.119 e. The first-order chi connectivity index (χ1) is 10.3. The van der Waals surface area contributed by atoms with Crippen LogP contribution in [0.15, 0.2) is 36.7 Å². The standard InChI is InChI=1S/C16H23N3O2/c1-19-13-15(12-18-19)6-8-21-16-5-3-4-14(10-16)11-17-7-9-20-2/h3-5,10,12-13,17H,6-9,11H2,1-2H3. The first-order valence-electron chi connectivity index (χ1n) is 7.17. The molecule has 0 spiro atoms. The summed E-state index contributed by atoms with van der Waals surface area (Å²) < 4.78 is 12.6. The molecule has 0 aliphatic carbocycles. The van der Waals surface area contributed by atoms with Gasteiger partial charge >= 0.3 is 0 Å². The van der Waals surface area contributed by atoms with Crippen molar-refractivity contribution in [3.05, 3.63) is 47.8 Å². The lowest BCUT2D eigenvalue weighted by atomic mass is 10.2. The molecule has 1 aromatic heterocycles. The minimum atomic E-state index is 0.659. The van der Waals surface area contributed by atoms with Crippen LogP contribution in [0.5, 0.6) is 5.75 Å². The molecular weight excluding hydrogens is 266 g/mol. The van der Waals surface area contributed by atoms with Gasteiger partial charge in [-0.15, -0.1) is 0 Å². The Morgan fingerprint density at radius 1 is 1.24 bits per heavy atom. The van der Waals surface area contributed by atoms with Gasteiger partial charge in [-0.25, -0.2) is 0 Å². The summed E-state index contributed by atoms with van der Waals surface area (Å²) in [6.45, 7) is 3.05. The van der Waals surface area contributed by atoms with Crippen LogP contribution >= 0.6 is 0 Å². The number of nitrogens with zero attached hydrogens (tertiary/aromatic N) is 2. The predicted octanol–water partition coefficient (Wildman–Crippen LogP) is 1.78. The lowest BCUT2D eigenvalue weighted by molar-refractivity contribution is 0.199. The zero-order valence-corrected chi connectivity index (χ0v) is 12.7. The van der Waals surface area contributed by atoms with Crippen LogP contribution in [0.1, 0.15) is 11.1 Å². The van der Waals surface area contributed by atoms with Gasteiger partial charge in [0.25, 0.3) is 0 Å². The zero-order chi connectivity index (χ0) is 14.9. The summed E-state index contributed by atoms with van der Waals surface area (Å²) in [5.74, 6) is 0.907. The number of benzene rings is 1. The van der Waals surface area contributed by atoms with E-state index in [1.165, 1.54) is 11.1 Å². The number of hydrogen-bond acceptors (Lipinski definition) is 4. The van der Waals surface area contributed by atoms with E-state index >= 15 is 0 Å². The average molecular weight is 289 g/mol. The topological polar surface area (TPSA) is 48.3 Å². The summed E-state index contributed by atoms with van der Waals surface area (Å²) in [7, 11) is 3.63. The number of hydrogen-bond donors (Lipinski definition) is 1. The first kappa shape index (κ1) is 15.5. The quantitative estimate of drug-likeness (QED) is 0.715. The van der Waals surface area contributed by atoms with Gasteiger partial charge in [-0.05, 0) is 23.3 Å². The molecule has 0 unspecified atom stereocenters. The van der Waals surface area contributed by atoms with E-state index in [4.69, 9.17) is 9.47 Å². The highest BCUT2D eigenvalue weighted by Crippen LogP contribution is 2.13. The van der Waals surface area contributed by atoms with Crippen LogP contribution in [0.25, 0.3) is 0 Å². The number of rotatable bonds is 9. The van der Waals surface area contributed by atoms with Gasteiger partial charge in [-0.1, -0.05) is 12.1 Å². The average Bonchev–Trinajstić information content (AvgIpc) is 2.90. The third kappa shape index (κ3) is 5.57. The Morgan fingerprint density at radius 3 is 2.90 bits per heavy atom. The van der Waals surface area contributed by atoms with Gasteiger partial charge < -0.3 is 14.8 Å². The Hall–Kier alpha value is -1.85. The van der Waals surface area contributed by atoms with Crippen molar-refractivity contribution < 1.29 is 9.47 Å². The van der Waals surface area contributed by atoms with Gasteiger partial charge in [0, 0.05) is 39.9 Å². The Bertz CT molecular complexity index is 540. The zero-order valence-electron chi connectivity index (χ0n) is 12.7. The van der Waals surface area contributed by atoms with Crippen molar-refractivity contribution in [2.45, 2.75) is 13.0 Å². The van der Waals surface area contributed by atoms with Gasteiger partial charge in [0.05, 0.1) is 19.4 Å². The van der Waals surface area contributed by atoms with Crippen molar-refractivity contribution >= 4 is 0 Å². The highest BCUT2D eigenvalue weighted by Gasteiger charge is 1.99. The van der Waals surface area contributed by atoms with E-state index < -0.39 is 0 Å². The van der Waals surface area contributed by atoms with Gasteiger partial charge in [0.15, 0.2) is 0 Å². The molecule has 114 valence electrons. The SMILES string of the molecule is COCCNCc1cccc(OCCc2cnn(C)c2)c1. The van der Waals surface area contributed by atoms with E-state index in [1.54, 1.807) is 7.11 Å². The molecule has 0 aliphatic heterocycles. The predicted molar refractivity (Wildman–Crippen MR) is 82.4 cm³/mol. The summed E-state index contributed by atoms with van der Waals surface area (Å²) in [6.07, 6.45) is 4.75. The number of nitrogens with one attached hydrogen (secondary N) is 1. The van der Waals surface area contributed by atoms with Crippen molar-refractivity contribution in [1.82, 2.24) is 15.1 Å². The van der Waals surface area contributed by atoms with Crippen LogP contribution in [-0.4, -0.2) is 36.6 Å². The van der Waals surface area contributed by atoms with Crippen LogP contribution in [-0.2, 0) is 24.8 Å². The Labute approximate surface area is 125 Å². The first-order valence-corrected chi connectivity index (χ1v) is 7.17. The summed E-state index contributed by atoms with van der Waals surface area (Å²) in [6, 6.07) is 8.17. The Kier molecular flexibility index (Phi) is 6.24. The molecule has 5 nitrogen and oxygen atoms in total. The van der Waals surface area contributed by atoms with Crippen molar-refractivity contribution in [2.75, 3.05) is 26.9 Å². The molecule has 1 N–H and O–H groups in total. The molecule has 0 atom stereocenters. The van der Waals surface area contributed by atoms with Crippen molar-refractivity contribution in [1.29, 1.82) is 0 Å². The van der Waals surface area contributed by atoms with Gasteiger partial charge in [0.2, 0.25) is 0 Å². The van der Waals surface area contributed by atoms with Gasteiger partial charge in [-0.3, -0.25) is 4.68 Å². The van der Waals surface area contributed by atoms with Crippen molar-refractivity contribution in [3.63, 3.8) is 0 Å². The Balaban J connectivity index is 1.75. The maximum absolute atomic E-state index is 5.80. The minimum absolute atomic E-state index is 0.659. The fourth-order valence-electron chi connectivity index (χ4n) is 2.04. The molecule has 0 aliphatic rings. The van der Waals surface area contributed by atoms with Crippen LogP contribution in [0.4, 0.5) is 0 Å². The monoisotopic (exact) mass is 289 g/mol. The molecule has 0 radical (unpaired) electrons. The molecule has 2 aromatic rings. The number of aryl methyl sites for hydroxylation is 1. The second kappa shape index (κ2) is 8.44. The van der Waals surface area contributed by atoms with E-state index in [9.17, 15) is 0 Å². The molecule has 0 amide bonds. The maximum atomic E-state index is 5.80. The number of methoxy groups -OCH3 is 1. The fourth-order valence-corrected chi connectivity index (χ4v) is 2.04. The van der Waals surface area contributed by atoms with E-state index in [1.807, 2.05) is 36.3 Å². The van der Waals surface area contributed by atoms with E-state index in [0.717, 1.165) is 31.9 Å². The molecule has 0 fully saturated rings. The highest BCUT2D eigenvalue weighted by molar-refractivity contribution is 5.28. The molecule has 1 heterocycles. The van der Waals surface area contributed by atoms with Crippen LogP contribution < -0.4 is 10.1 Å².